The first-order valence-corrected chi connectivity index (χ1v) is 15.0. The monoisotopic (exact) mass is 548 g/mol. The highest BCUT2D eigenvalue weighted by Gasteiger charge is 2.35. The lowest BCUT2D eigenvalue weighted by atomic mass is 9.95. The first-order chi connectivity index (χ1) is 19.2. The molecule has 0 radical (unpaired) electrons. The summed E-state index contributed by atoms with van der Waals surface area (Å²) >= 11 is 1.72. The van der Waals surface area contributed by atoms with Crippen LogP contribution in [0.3, 0.4) is 0 Å². The van der Waals surface area contributed by atoms with Crippen molar-refractivity contribution in [3.63, 3.8) is 0 Å². The fraction of sp³-hybridized carbons (Fsp3) is 0.517. The lowest BCUT2D eigenvalue weighted by Crippen LogP contribution is -2.39. The predicted molar refractivity (Wildman–Crippen MR) is 151 cm³/mol. The molecule has 9 nitrogen and oxygen atoms in total. The van der Waals surface area contributed by atoms with E-state index < -0.39 is 6.04 Å². The van der Waals surface area contributed by atoms with Crippen LogP contribution in [0.1, 0.15) is 80.2 Å². The van der Waals surface area contributed by atoms with Gasteiger partial charge >= 0.3 is 0 Å². The van der Waals surface area contributed by atoms with Crippen molar-refractivity contribution in [3.8, 4) is 5.75 Å². The fourth-order valence-corrected chi connectivity index (χ4v) is 6.77. The standard InChI is InChI=1S/C29H36N6O3S/c1-2-37-22-12-13-26-20(16-22)17-25(29(36)30-26)27(28-31-32-33-35(28)21-8-4-3-5-9-21)34(18-23-10-6-14-38-23)19-24-11-7-15-39-24/h7,11-13,15-17,21,23,27H,2-6,8-10,14,18-19H2,1H3,(H,30,36)/t23-,27-/m0/s1. The number of H-pyrrole nitrogens is 1. The van der Waals surface area contributed by atoms with Crippen molar-refractivity contribution >= 4 is 22.2 Å². The number of hydrogen-bond donors (Lipinski definition) is 1. The molecule has 1 aromatic carbocycles. The molecule has 6 rings (SSSR count). The van der Waals surface area contributed by atoms with Gasteiger partial charge in [0, 0.05) is 41.0 Å². The van der Waals surface area contributed by atoms with Crippen molar-refractivity contribution in [1.29, 1.82) is 0 Å². The van der Waals surface area contributed by atoms with Crippen molar-refractivity contribution in [3.05, 3.63) is 68.4 Å². The van der Waals surface area contributed by atoms with Gasteiger partial charge in [0.25, 0.3) is 5.56 Å². The maximum absolute atomic E-state index is 13.8. The fourth-order valence-electron chi connectivity index (χ4n) is 6.04. The van der Waals surface area contributed by atoms with Crippen LogP contribution in [0.2, 0.25) is 0 Å². The summed E-state index contributed by atoms with van der Waals surface area (Å²) in [5.41, 5.74) is 1.29. The summed E-state index contributed by atoms with van der Waals surface area (Å²) in [5.74, 6) is 1.50. The van der Waals surface area contributed by atoms with Crippen LogP contribution in [0.5, 0.6) is 5.75 Å². The van der Waals surface area contributed by atoms with E-state index in [1.54, 1.807) is 11.3 Å². The number of tetrazole rings is 1. The van der Waals surface area contributed by atoms with Crippen LogP contribution in [0.25, 0.3) is 10.9 Å². The molecular weight excluding hydrogens is 512 g/mol. The molecule has 0 spiro atoms. The van der Waals surface area contributed by atoms with Crippen molar-refractivity contribution in [2.24, 2.45) is 0 Å². The summed E-state index contributed by atoms with van der Waals surface area (Å²) in [6, 6.07) is 11.8. The molecule has 39 heavy (non-hydrogen) atoms. The summed E-state index contributed by atoms with van der Waals surface area (Å²) in [6.07, 6.45) is 7.84. The van der Waals surface area contributed by atoms with Crippen LogP contribution >= 0.6 is 11.3 Å². The molecule has 1 aliphatic carbocycles. The number of aromatic nitrogens is 5. The second kappa shape index (κ2) is 12.0. The zero-order chi connectivity index (χ0) is 26.6. The molecule has 1 saturated heterocycles. The number of rotatable bonds is 10. The number of benzene rings is 1. The number of aromatic amines is 1. The van der Waals surface area contributed by atoms with Gasteiger partial charge < -0.3 is 14.5 Å². The second-order valence-corrected chi connectivity index (χ2v) is 11.6. The number of hydrogen-bond acceptors (Lipinski definition) is 8. The molecule has 2 aliphatic rings. The third-order valence-corrected chi connectivity index (χ3v) is 8.76. The van der Waals surface area contributed by atoms with Crippen molar-refractivity contribution in [2.45, 2.75) is 76.6 Å². The molecule has 1 N–H and O–H groups in total. The molecule has 2 fully saturated rings. The Bertz CT molecular complexity index is 1420. The average molecular weight is 549 g/mol. The lowest BCUT2D eigenvalue weighted by Gasteiger charge is -2.33. The van der Waals surface area contributed by atoms with E-state index in [4.69, 9.17) is 9.47 Å². The van der Waals surface area contributed by atoms with Crippen LogP contribution in [0.15, 0.2) is 46.6 Å². The quantitative estimate of drug-likeness (QED) is 0.289. The molecular formula is C29H36N6O3S. The molecule has 206 valence electrons. The Morgan fingerprint density at radius 2 is 2.08 bits per heavy atom. The van der Waals surface area contributed by atoms with Crippen LogP contribution in [-0.2, 0) is 11.3 Å². The van der Waals surface area contributed by atoms with Crippen LogP contribution in [0.4, 0.5) is 0 Å². The molecule has 1 saturated carbocycles. The maximum Gasteiger partial charge on any atom is 0.253 e. The first-order valence-electron chi connectivity index (χ1n) is 14.1. The van der Waals surface area contributed by atoms with E-state index in [0.717, 1.165) is 54.8 Å². The maximum atomic E-state index is 13.8. The van der Waals surface area contributed by atoms with Gasteiger partial charge in [-0.2, -0.15) is 0 Å². The highest BCUT2D eigenvalue weighted by Crippen LogP contribution is 2.35. The number of fused-ring (bicyclic) bond motifs is 1. The highest BCUT2D eigenvalue weighted by molar-refractivity contribution is 7.09. The van der Waals surface area contributed by atoms with Crippen LogP contribution in [0, 0.1) is 0 Å². The lowest BCUT2D eigenvalue weighted by molar-refractivity contribution is 0.0571. The molecule has 0 unspecified atom stereocenters. The van der Waals surface area contributed by atoms with E-state index in [1.165, 1.54) is 24.1 Å². The van der Waals surface area contributed by atoms with E-state index >= 15 is 0 Å². The Kier molecular flexibility index (Phi) is 8.03. The average Bonchev–Trinajstić information content (AvgIpc) is 3.74. The van der Waals surface area contributed by atoms with Gasteiger partial charge in [-0.05, 0) is 78.7 Å². The van der Waals surface area contributed by atoms with E-state index in [0.29, 0.717) is 25.3 Å². The van der Waals surface area contributed by atoms with E-state index in [-0.39, 0.29) is 17.7 Å². The highest BCUT2D eigenvalue weighted by atomic mass is 32.1. The Labute approximate surface area is 232 Å². The Morgan fingerprint density at radius 3 is 2.85 bits per heavy atom. The number of nitrogens with zero attached hydrogens (tertiary/aromatic N) is 5. The van der Waals surface area contributed by atoms with E-state index in [1.807, 2.05) is 35.9 Å². The number of pyridine rings is 1. The van der Waals surface area contributed by atoms with E-state index in [9.17, 15) is 4.79 Å². The minimum Gasteiger partial charge on any atom is -0.494 e. The Balaban J connectivity index is 1.49. The summed E-state index contributed by atoms with van der Waals surface area (Å²) in [5, 5.41) is 16.3. The van der Waals surface area contributed by atoms with Crippen molar-refractivity contribution < 1.29 is 9.47 Å². The minimum atomic E-state index is -0.433. The van der Waals surface area contributed by atoms with Crippen molar-refractivity contribution in [2.75, 3.05) is 19.8 Å². The third-order valence-electron chi connectivity index (χ3n) is 7.90. The van der Waals surface area contributed by atoms with Gasteiger partial charge in [0.15, 0.2) is 5.82 Å². The molecule has 4 heterocycles. The Morgan fingerprint density at radius 1 is 1.18 bits per heavy atom. The minimum absolute atomic E-state index is 0.107. The van der Waals surface area contributed by atoms with Gasteiger partial charge in [0.05, 0.1) is 18.8 Å². The smallest absolute Gasteiger partial charge is 0.253 e. The largest absolute Gasteiger partial charge is 0.494 e. The second-order valence-electron chi connectivity index (χ2n) is 10.6. The molecule has 2 atom stereocenters. The van der Waals surface area contributed by atoms with Gasteiger partial charge in [0.2, 0.25) is 0 Å². The topological polar surface area (TPSA) is 98.2 Å². The molecule has 4 aromatic rings. The van der Waals surface area contributed by atoms with Gasteiger partial charge in [-0.3, -0.25) is 9.69 Å². The molecule has 10 heteroatoms. The van der Waals surface area contributed by atoms with Crippen LogP contribution in [-0.4, -0.2) is 56.0 Å². The molecule has 0 bridgehead atoms. The first kappa shape index (κ1) is 26.2. The summed E-state index contributed by atoms with van der Waals surface area (Å²) in [6.45, 7) is 4.69. The number of nitrogens with one attached hydrogen (secondary N) is 1. The Hall–Kier alpha value is -3.08. The van der Waals surface area contributed by atoms with Gasteiger partial charge in [0.1, 0.15) is 11.8 Å². The molecule has 1 aliphatic heterocycles. The van der Waals surface area contributed by atoms with Gasteiger partial charge in [-0.1, -0.05) is 25.3 Å². The van der Waals surface area contributed by atoms with Crippen molar-refractivity contribution in [1.82, 2.24) is 30.1 Å². The SMILES string of the molecule is CCOc1ccc2[nH]c(=O)c([C@@H](c3nnnn3C3CCCCC3)N(Cc3cccs3)C[C@@H]3CCCO3)cc2c1. The predicted octanol–water partition coefficient (Wildman–Crippen LogP) is 5.25. The third kappa shape index (κ3) is 5.78. The summed E-state index contributed by atoms with van der Waals surface area (Å²) in [7, 11) is 0. The zero-order valence-corrected chi connectivity index (χ0v) is 23.2. The van der Waals surface area contributed by atoms with Gasteiger partial charge in [-0.25, -0.2) is 4.68 Å². The normalized spacial score (nSPS) is 19.2. The van der Waals surface area contributed by atoms with Gasteiger partial charge in [-0.15, -0.1) is 16.4 Å². The molecule has 0 amide bonds. The summed E-state index contributed by atoms with van der Waals surface area (Å²) < 4.78 is 13.9. The molecule has 3 aromatic heterocycles. The van der Waals surface area contributed by atoms with Crippen LogP contribution < -0.4 is 10.3 Å². The van der Waals surface area contributed by atoms with E-state index in [2.05, 4.69) is 42.9 Å². The summed E-state index contributed by atoms with van der Waals surface area (Å²) in [4.78, 5) is 20.5. The number of thiophene rings is 1. The number of ether oxygens (including phenoxy) is 2. The zero-order valence-electron chi connectivity index (χ0n) is 22.4.